The summed E-state index contributed by atoms with van der Waals surface area (Å²) in [4.78, 5) is 30.6. The number of hydrogen-bond donors (Lipinski definition) is 0. The van der Waals surface area contributed by atoms with E-state index in [-0.39, 0.29) is 18.4 Å². The molecule has 7 heteroatoms. The van der Waals surface area contributed by atoms with Crippen molar-refractivity contribution in [1.29, 1.82) is 0 Å². The van der Waals surface area contributed by atoms with Crippen molar-refractivity contribution in [2.24, 2.45) is 5.92 Å². The molecule has 3 aromatic rings. The summed E-state index contributed by atoms with van der Waals surface area (Å²) in [5, 5.41) is 0. The van der Waals surface area contributed by atoms with Crippen LogP contribution in [-0.2, 0) is 17.8 Å². The molecule has 2 aromatic carbocycles. The molecule has 2 amide bonds. The third-order valence-electron chi connectivity index (χ3n) is 6.78. The van der Waals surface area contributed by atoms with Crippen LogP contribution in [-0.4, -0.2) is 55.5 Å². The fraction of sp³-hybridized carbons (Fsp3) is 0.400. The summed E-state index contributed by atoms with van der Waals surface area (Å²) in [5.41, 5.74) is 2.59. The van der Waals surface area contributed by atoms with Gasteiger partial charge in [-0.05, 0) is 80.5 Å². The zero-order chi connectivity index (χ0) is 26.4. The van der Waals surface area contributed by atoms with Gasteiger partial charge in [0.25, 0.3) is 5.91 Å². The molecule has 1 heterocycles. The maximum Gasteiger partial charge on any atom is 0.254 e. The highest BCUT2D eigenvalue weighted by Crippen LogP contribution is 2.31. The van der Waals surface area contributed by atoms with E-state index in [1.165, 1.54) is 0 Å². The second kappa shape index (κ2) is 12.0. The number of ether oxygens (including phenoxy) is 2. The molecule has 1 saturated carbocycles. The van der Waals surface area contributed by atoms with E-state index in [9.17, 15) is 9.59 Å². The predicted molar refractivity (Wildman–Crippen MR) is 142 cm³/mol. The minimum Gasteiger partial charge on any atom is -0.493 e. The zero-order valence-electron chi connectivity index (χ0n) is 22.2. The quantitative estimate of drug-likeness (QED) is 0.346. The second-order valence-electron chi connectivity index (χ2n) is 9.71. The van der Waals surface area contributed by atoms with Crippen LogP contribution >= 0.6 is 0 Å². The van der Waals surface area contributed by atoms with E-state index in [0.29, 0.717) is 49.0 Å². The van der Waals surface area contributed by atoms with Gasteiger partial charge in [-0.25, -0.2) is 0 Å². The van der Waals surface area contributed by atoms with Crippen molar-refractivity contribution in [2.45, 2.75) is 39.7 Å². The minimum atomic E-state index is -0.0999. The first-order valence-electron chi connectivity index (χ1n) is 12.8. The van der Waals surface area contributed by atoms with Gasteiger partial charge in [0.15, 0.2) is 11.5 Å². The SMILES string of the molecule is COc1ccc(CCN(Cc2ccc(C)o2)C(=O)CN(CC2CC2)C(=O)c2ccccc2C)cc1OC. The van der Waals surface area contributed by atoms with Crippen LogP contribution in [0.1, 0.15) is 45.8 Å². The summed E-state index contributed by atoms with van der Waals surface area (Å²) in [6.45, 7) is 5.27. The molecular weight excluding hydrogens is 468 g/mol. The average molecular weight is 505 g/mol. The molecule has 0 radical (unpaired) electrons. The van der Waals surface area contributed by atoms with Crippen molar-refractivity contribution in [3.8, 4) is 11.5 Å². The largest absolute Gasteiger partial charge is 0.493 e. The number of aryl methyl sites for hydroxylation is 2. The standard InChI is InChI=1S/C30H36N2O5/c1-21-7-5-6-8-26(21)30(34)32(18-24-10-11-24)20-29(33)31(19-25-13-9-22(2)37-25)16-15-23-12-14-27(35-3)28(17-23)36-4/h5-9,12-14,17,24H,10-11,15-16,18-20H2,1-4H3. The lowest BCUT2D eigenvalue weighted by Gasteiger charge is -2.28. The monoisotopic (exact) mass is 504 g/mol. The smallest absolute Gasteiger partial charge is 0.254 e. The number of amides is 2. The Balaban J connectivity index is 1.52. The Morgan fingerprint density at radius 3 is 2.35 bits per heavy atom. The van der Waals surface area contributed by atoms with Crippen LogP contribution in [0.4, 0.5) is 0 Å². The Kier molecular flexibility index (Phi) is 8.54. The van der Waals surface area contributed by atoms with Gasteiger partial charge in [-0.3, -0.25) is 9.59 Å². The lowest BCUT2D eigenvalue weighted by Crippen LogP contribution is -2.44. The van der Waals surface area contributed by atoms with Crippen molar-refractivity contribution in [1.82, 2.24) is 9.80 Å². The molecule has 1 fully saturated rings. The normalized spacial score (nSPS) is 12.8. The summed E-state index contributed by atoms with van der Waals surface area (Å²) in [5.74, 6) is 3.11. The number of benzene rings is 2. The number of furan rings is 1. The molecule has 0 unspecified atom stereocenters. The molecule has 7 nitrogen and oxygen atoms in total. The van der Waals surface area contributed by atoms with Gasteiger partial charge in [0.05, 0.1) is 20.8 Å². The number of carbonyl (C=O) groups is 2. The number of nitrogens with zero attached hydrogens (tertiary/aromatic N) is 2. The van der Waals surface area contributed by atoms with E-state index in [4.69, 9.17) is 13.9 Å². The Hall–Kier alpha value is -3.74. The van der Waals surface area contributed by atoms with Gasteiger partial charge in [0.2, 0.25) is 5.91 Å². The van der Waals surface area contributed by atoms with Crippen molar-refractivity contribution in [3.63, 3.8) is 0 Å². The van der Waals surface area contributed by atoms with Crippen LogP contribution < -0.4 is 9.47 Å². The zero-order valence-corrected chi connectivity index (χ0v) is 22.2. The minimum absolute atomic E-state index is 0.0370. The topological polar surface area (TPSA) is 72.2 Å². The fourth-order valence-electron chi connectivity index (χ4n) is 4.43. The molecule has 0 saturated heterocycles. The van der Waals surface area contributed by atoms with Gasteiger partial charge in [-0.15, -0.1) is 0 Å². The van der Waals surface area contributed by atoms with Gasteiger partial charge >= 0.3 is 0 Å². The van der Waals surface area contributed by atoms with Crippen LogP contribution in [0, 0.1) is 19.8 Å². The first-order valence-corrected chi connectivity index (χ1v) is 12.8. The van der Waals surface area contributed by atoms with Gasteiger partial charge in [-0.2, -0.15) is 0 Å². The summed E-state index contributed by atoms with van der Waals surface area (Å²) in [7, 11) is 3.21. The highest BCUT2D eigenvalue weighted by molar-refractivity contribution is 5.97. The molecule has 1 aromatic heterocycles. The van der Waals surface area contributed by atoms with Crippen molar-refractivity contribution in [3.05, 3.63) is 82.8 Å². The summed E-state index contributed by atoms with van der Waals surface area (Å²) >= 11 is 0. The van der Waals surface area contributed by atoms with Crippen molar-refractivity contribution in [2.75, 3.05) is 33.9 Å². The van der Waals surface area contributed by atoms with E-state index in [0.717, 1.165) is 35.5 Å². The van der Waals surface area contributed by atoms with Crippen LogP contribution in [0.2, 0.25) is 0 Å². The van der Waals surface area contributed by atoms with E-state index in [1.54, 1.807) is 24.0 Å². The molecule has 0 bridgehead atoms. The first-order chi connectivity index (χ1) is 17.9. The molecule has 0 spiro atoms. The van der Waals surface area contributed by atoms with Gasteiger partial charge < -0.3 is 23.7 Å². The average Bonchev–Trinajstić information content (AvgIpc) is 3.63. The highest BCUT2D eigenvalue weighted by atomic mass is 16.5. The maximum atomic E-state index is 13.7. The Bertz CT molecular complexity index is 1230. The lowest BCUT2D eigenvalue weighted by atomic mass is 10.1. The molecule has 1 aliphatic carbocycles. The molecule has 0 N–H and O–H groups in total. The molecule has 37 heavy (non-hydrogen) atoms. The van der Waals surface area contributed by atoms with Gasteiger partial charge in [0.1, 0.15) is 18.1 Å². The summed E-state index contributed by atoms with van der Waals surface area (Å²) in [6, 6.07) is 17.1. The number of methoxy groups -OCH3 is 2. The maximum absolute atomic E-state index is 13.7. The summed E-state index contributed by atoms with van der Waals surface area (Å²) in [6.07, 6.45) is 2.82. The van der Waals surface area contributed by atoms with Gasteiger partial charge in [-0.1, -0.05) is 24.3 Å². The Labute approximate surface area is 219 Å². The lowest BCUT2D eigenvalue weighted by molar-refractivity contribution is -0.132. The number of rotatable bonds is 12. The molecular formula is C30H36N2O5. The van der Waals surface area contributed by atoms with Crippen molar-refractivity contribution < 1.29 is 23.5 Å². The van der Waals surface area contributed by atoms with Crippen LogP contribution in [0.15, 0.2) is 59.0 Å². The molecule has 196 valence electrons. The fourth-order valence-corrected chi connectivity index (χ4v) is 4.43. The van der Waals surface area contributed by atoms with E-state index in [1.807, 2.05) is 68.4 Å². The predicted octanol–water partition coefficient (Wildman–Crippen LogP) is 5.04. The van der Waals surface area contributed by atoms with Crippen LogP contribution in [0.25, 0.3) is 0 Å². The molecule has 0 aliphatic heterocycles. The van der Waals surface area contributed by atoms with Crippen LogP contribution in [0.5, 0.6) is 11.5 Å². The van der Waals surface area contributed by atoms with Gasteiger partial charge in [0, 0.05) is 18.7 Å². The second-order valence-corrected chi connectivity index (χ2v) is 9.71. The first kappa shape index (κ1) is 26.3. The molecule has 0 atom stereocenters. The van der Waals surface area contributed by atoms with Crippen molar-refractivity contribution >= 4 is 11.8 Å². The highest BCUT2D eigenvalue weighted by Gasteiger charge is 2.30. The molecule has 4 rings (SSSR count). The molecule has 1 aliphatic rings. The van der Waals surface area contributed by atoms with E-state index in [2.05, 4.69) is 0 Å². The Morgan fingerprint density at radius 1 is 0.946 bits per heavy atom. The number of carbonyl (C=O) groups excluding carboxylic acids is 2. The van der Waals surface area contributed by atoms with E-state index >= 15 is 0 Å². The third kappa shape index (κ3) is 6.94. The van der Waals surface area contributed by atoms with E-state index < -0.39 is 0 Å². The summed E-state index contributed by atoms with van der Waals surface area (Å²) < 4.78 is 16.6. The third-order valence-corrected chi connectivity index (χ3v) is 6.78. The van der Waals surface area contributed by atoms with Crippen LogP contribution in [0.3, 0.4) is 0 Å². The Morgan fingerprint density at radius 2 is 1.70 bits per heavy atom. The number of hydrogen-bond acceptors (Lipinski definition) is 5.